The molecule has 0 amide bonds. The van der Waals surface area contributed by atoms with Gasteiger partial charge in [-0.05, 0) is 40.5 Å². The lowest BCUT2D eigenvalue weighted by molar-refractivity contribution is -0.00469. The SMILES string of the molecule is CC(C)n1c(CN)nnc1SCC1CCC(C)(C)O1. The van der Waals surface area contributed by atoms with E-state index in [0.29, 0.717) is 18.7 Å². The van der Waals surface area contributed by atoms with Crippen LogP contribution in [0.3, 0.4) is 0 Å². The van der Waals surface area contributed by atoms with Gasteiger partial charge >= 0.3 is 0 Å². The predicted octanol–water partition coefficient (Wildman–Crippen LogP) is 2.37. The maximum absolute atomic E-state index is 6.00. The Labute approximate surface area is 119 Å². The fraction of sp³-hybridized carbons (Fsp3) is 0.846. The topological polar surface area (TPSA) is 66.0 Å². The zero-order valence-corrected chi connectivity index (χ0v) is 13.0. The average molecular weight is 284 g/mol. The second kappa shape index (κ2) is 5.81. The summed E-state index contributed by atoms with van der Waals surface area (Å²) in [6, 6.07) is 0.331. The minimum atomic E-state index is 0.0271. The van der Waals surface area contributed by atoms with Gasteiger partial charge < -0.3 is 15.0 Å². The van der Waals surface area contributed by atoms with Crippen LogP contribution in [0.25, 0.3) is 0 Å². The monoisotopic (exact) mass is 284 g/mol. The lowest BCUT2D eigenvalue weighted by Gasteiger charge is -2.19. The Morgan fingerprint density at radius 3 is 2.74 bits per heavy atom. The largest absolute Gasteiger partial charge is 0.371 e. The van der Waals surface area contributed by atoms with Crippen molar-refractivity contribution in [3.63, 3.8) is 0 Å². The fourth-order valence-electron chi connectivity index (χ4n) is 2.43. The van der Waals surface area contributed by atoms with Crippen molar-refractivity contribution in [3.05, 3.63) is 5.82 Å². The number of nitrogens with zero attached hydrogens (tertiary/aromatic N) is 3. The Hall–Kier alpha value is -0.590. The van der Waals surface area contributed by atoms with E-state index >= 15 is 0 Å². The molecule has 19 heavy (non-hydrogen) atoms. The van der Waals surface area contributed by atoms with Crippen LogP contribution in [0.15, 0.2) is 5.16 Å². The first-order valence-corrected chi connectivity index (χ1v) is 7.86. The second-order valence-electron chi connectivity index (χ2n) is 5.92. The van der Waals surface area contributed by atoms with E-state index in [1.54, 1.807) is 11.8 Å². The molecule has 0 spiro atoms. The number of hydrogen-bond donors (Lipinski definition) is 1. The average Bonchev–Trinajstić information content (AvgIpc) is 2.89. The molecule has 1 atom stereocenters. The van der Waals surface area contributed by atoms with Crippen LogP contribution in [0.1, 0.15) is 52.4 Å². The van der Waals surface area contributed by atoms with Crippen molar-refractivity contribution in [1.82, 2.24) is 14.8 Å². The summed E-state index contributed by atoms with van der Waals surface area (Å²) in [5, 5.41) is 9.35. The van der Waals surface area contributed by atoms with Crippen LogP contribution in [0, 0.1) is 0 Å². The number of aromatic nitrogens is 3. The van der Waals surface area contributed by atoms with Crippen molar-refractivity contribution >= 4 is 11.8 Å². The molecular weight excluding hydrogens is 260 g/mol. The molecule has 108 valence electrons. The first-order chi connectivity index (χ1) is 8.93. The molecule has 0 saturated carbocycles. The third-order valence-corrected chi connectivity index (χ3v) is 4.46. The summed E-state index contributed by atoms with van der Waals surface area (Å²) in [4.78, 5) is 0. The van der Waals surface area contributed by atoms with Crippen LogP contribution >= 0.6 is 11.8 Å². The third-order valence-electron chi connectivity index (χ3n) is 3.39. The minimum Gasteiger partial charge on any atom is -0.371 e. The van der Waals surface area contributed by atoms with Gasteiger partial charge in [0.05, 0.1) is 18.2 Å². The molecule has 1 aliphatic rings. The van der Waals surface area contributed by atoms with E-state index in [0.717, 1.165) is 29.6 Å². The quantitative estimate of drug-likeness (QED) is 0.841. The molecule has 1 aromatic heterocycles. The number of thioether (sulfide) groups is 1. The summed E-state index contributed by atoms with van der Waals surface area (Å²) >= 11 is 1.72. The highest BCUT2D eigenvalue weighted by Crippen LogP contribution is 2.32. The van der Waals surface area contributed by atoms with E-state index in [2.05, 4.69) is 42.5 Å². The summed E-state index contributed by atoms with van der Waals surface area (Å²) in [6.07, 6.45) is 2.57. The Kier molecular flexibility index (Phi) is 4.53. The molecule has 1 aromatic rings. The molecule has 0 aromatic carbocycles. The van der Waals surface area contributed by atoms with Gasteiger partial charge in [-0.15, -0.1) is 10.2 Å². The van der Waals surface area contributed by atoms with E-state index in [1.165, 1.54) is 0 Å². The van der Waals surface area contributed by atoms with Crippen molar-refractivity contribution in [2.45, 2.75) is 70.0 Å². The van der Waals surface area contributed by atoms with E-state index in [4.69, 9.17) is 10.5 Å². The second-order valence-corrected chi connectivity index (χ2v) is 6.90. The highest BCUT2D eigenvalue weighted by Gasteiger charge is 2.31. The summed E-state index contributed by atoms with van der Waals surface area (Å²) in [7, 11) is 0. The van der Waals surface area contributed by atoms with E-state index < -0.39 is 0 Å². The van der Waals surface area contributed by atoms with Crippen LogP contribution < -0.4 is 5.73 Å². The van der Waals surface area contributed by atoms with Crippen molar-refractivity contribution < 1.29 is 4.74 Å². The highest BCUT2D eigenvalue weighted by atomic mass is 32.2. The van der Waals surface area contributed by atoms with Gasteiger partial charge in [-0.25, -0.2) is 0 Å². The lowest BCUT2D eigenvalue weighted by Crippen LogP contribution is -2.21. The Morgan fingerprint density at radius 1 is 1.47 bits per heavy atom. The number of ether oxygens (including phenoxy) is 1. The van der Waals surface area contributed by atoms with Crippen LogP contribution in [0.2, 0.25) is 0 Å². The summed E-state index contributed by atoms with van der Waals surface area (Å²) in [6.45, 7) is 8.99. The molecule has 2 heterocycles. The first-order valence-electron chi connectivity index (χ1n) is 6.87. The molecule has 1 aliphatic heterocycles. The van der Waals surface area contributed by atoms with Crippen molar-refractivity contribution in [1.29, 1.82) is 0 Å². The smallest absolute Gasteiger partial charge is 0.191 e. The minimum absolute atomic E-state index is 0.0271. The van der Waals surface area contributed by atoms with Gasteiger partial charge in [0.1, 0.15) is 5.82 Å². The summed E-state index contributed by atoms with van der Waals surface area (Å²) < 4.78 is 8.12. The lowest BCUT2D eigenvalue weighted by atomic mass is 10.1. The van der Waals surface area contributed by atoms with Crippen molar-refractivity contribution in [2.24, 2.45) is 5.73 Å². The predicted molar refractivity (Wildman–Crippen MR) is 77.2 cm³/mol. The Balaban J connectivity index is 1.98. The molecule has 1 unspecified atom stereocenters. The zero-order valence-electron chi connectivity index (χ0n) is 12.2. The van der Waals surface area contributed by atoms with Crippen molar-refractivity contribution in [2.75, 3.05) is 5.75 Å². The maximum Gasteiger partial charge on any atom is 0.191 e. The number of rotatable bonds is 5. The number of nitrogens with two attached hydrogens (primary N) is 1. The molecule has 0 radical (unpaired) electrons. The molecule has 1 saturated heterocycles. The number of hydrogen-bond acceptors (Lipinski definition) is 5. The molecule has 1 fully saturated rings. The summed E-state index contributed by atoms with van der Waals surface area (Å²) in [5.41, 5.74) is 5.73. The standard InChI is InChI=1S/C13H24N4OS/c1-9(2)17-11(7-14)15-16-12(17)19-8-10-5-6-13(3,4)18-10/h9-10H,5-8,14H2,1-4H3. The molecule has 5 nitrogen and oxygen atoms in total. The van der Waals surface area contributed by atoms with Gasteiger partial charge in [-0.1, -0.05) is 11.8 Å². The van der Waals surface area contributed by atoms with Gasteiger partial charge in [0, 0.05) is 11.8 Å². The normalized spacial score (nSPS) is 22.3. The molecule has 0 bridgehead atoms. The zero-order chi connectivity index (χ0) is 14.0. The van der Waals surface area contributed by atoms with Crippen LogP contribution in [0.4, 0.5) is 0 Å². The van der Waals surface area contributed by atoms with E-state index in [1.807, 2.05) is 0 Å². The highest BCUT2D eigenvalue weighted by molar-refractivity contribution is 7.99. The van der Waals surface area contributed by atoms with Gasteiger partial charge in [-0.3, -0.25) is 0 Å². The Bertz CT molecular complexity index is 430. The van der Waals surface area contributed by atoms with Crippen molar-refractivity contribution in [3.8, 4) is 0 Å². The third kappa shape index (κ3) is 3.49. The molecule has 6 heteroatoms. The maximum atomic E-state index is 6.00. The van der Waals surface area contributed by atoms with Crippen LogP contribution in [-0.2, 0) is 11.3 Å². The molecular formula is C13H24N4OS. The van der Waals surface area contributed by atoms with Gasteiger partial charge in [0.15, 0.2) is 5.16 Å². The molecule has 2 rings (SSSR count). The van der Waals surface area contributed by atoms with E-state index in [-0.39, 0.29) is 5.60 Å². The fourth-order valence-corrected chi connectivity index (χ4v) is 3.55. The first kappa shape index (κ1) is 14.8. The van der Waals surface area contributed by atoms with Gasteiger partial charge in [0.25, 0.3) is 0 Å². The van der Waals surface area contributed by atoms with Crippen LogP contribution in [0.5, 0.6) is 0 Å². The van der Waals surface area contributed by atoms with Crippen LogP contribution in [-0.4, -0.2) is 32.2 Å². The molecule has 2 N–H and O–H groups in total. The summed E-state index contributed by atoms with van der Waals surface area (Å²) in [5.74, 6) is 1.78. The Morgan fingerprint density at radius 2 is 2.21 bits per heavy atom. The van der Waals surface area contributed by atoms with Gasteiger partial charge in [0.2, 0.25) is 0 Å². The van der Waals surface area contributed by atoms with Gasteiger partial charge in [-0.2, -0.15) is 0 Å². The van der Waals surface area contributed by atoms with E-state index in [9.17, 15) is 0 Å². The molecule has 0 aliphatic carbocycles.